The summed E-state index contributed by atoms with van der Waals surface area (Å²) in [6.07, 6.45) is 2.81. The van der Waals surface area contributed by atoms with Crippen molar-refractivity contribution < 1.29 is 14.3 Å². The molecule has 1 amide bonds. The number of rotatable bonds is 6. The van der Waals surface area contributed by atoms with Crippen LogP contribution in [0.2, 0.25) is 0 Å². The van der Waals surface area contributed by atoms with E-state index >= 15 is 0 Å². The SMILES string of the molecule is CCOC(=O)c1ccccc1Nc1cnc(C(=O)Nc2ccc(C)cc2)cn1. The average Bonchev–Trinajstić information content (AvgIpc) is 2.71. The number of esters is 1. The van der Waals surface area contributed by atoms with E-state index in [0.29, 0.717) is 22.8 Å². The molecule has 1 heterocycles. The molecule has 3 aromatic rings. The van der Waals surface area contributed by atoms with Crippen molar-refractivity contribution in [3.05, 3.63) is 77.7 Å². The summed E-state index contributed by atoms with van der Waals surface area (Å²) in [6, 6.07) is 14.4. The number of ether oxygens (including phenoxy) is 1. The normalized spacial score (nSPS) is 10.2. The van der Waals surface area contributed by atoms with Gasteiger partial charge in [-0.2, -0.15) is 0 Å². The van der Waals surface area contributed by atoms with Gasteiger partial charge in [-0.05, 0) is 38.1 Å². The molecular formula is C21H20N4O3. The fourth-order valence-corrected chi connectivity index (χ4v) is 2.46. The molecule has 1 aromatic heterocycles. The van der Waals surface area contributed by atoms with Crippen LogP contribution in [0.3, 0.4) is 0 Å². The van der Waals surface area contributed by atoms with Crippen molar-refractivity contribution in [3.8, 4) is 0 Å². The van der Waals surface area contributed by atoms with Gasteiger partial charge in [0.15, 0.2) is 0 Å². The number of aromatic nitrogens is 2. The number of amides is 1. The van der Waals surface area contributed by atoms with Crippen LogP contribution in [-0.4, -0.2) is 28.5 Å². The first-order valence-electron chi connectivity index (χ1n) is 8.80. The van der Waals surface area contributed by atoms with E-state index in [-0.39, 0.29) is 18.2 Å². The van der Waals surface area contributed by atoms with E-state index < -0.39 is 5.97 Å². The van der Waals surface area contributed by atoms with Gasteiger partial charge < -0.3 is 15.4 Å². The summed E-state index contributed by atoms with van der Waals surface area (Å²) in [5.41, 5.74) is 2.92. The zero-order valence-corrected chi connectivity index (χ0v) is 15.6. The Morgan fingerprint density at radius 2 is 1.75 bits per heavy atom. The maximum Gasteiger partial charge on any atom is 0.340 e. The first-order valence-corrected chi connectivity index (χ1v) is 8.80. The zero-order valence-electron chi connectivity index (χ0n) is 15.6. The highest BCUT2D eigenvalue weighted by molar-refractivity contribution is 6.02. The number of anilines is 3. The second-order valence-electron chi connectivity index (χ2n) is 6.00. The molecule has 28 heavy (non-hydrogen) atoms. The van der Waals surface area contributed by atoms with Crippen molar-refractivity contribution in [2.75, 3.05) is 17.2 Å². The molecule has 142 valence electrons. The molecule has 0 radical (unpaired) electrons. The monoisotopic (exact) mass is 376 g/mol. The van der Waals surface area contributed by atoms with Gasteiger partial charge >= 0.3 is 5.97 Å². The maximum absolute atomic E-state index is 12.3. The van der Waals surface area contributed by atoms with Gasteiger partial charge in [0.05, 0.1) is 30.3 Å². The smallest absolute Gasteiger partial charge is 0.340 e. The van der Waals surface area contributed by atoms with Crippen molar-refractivity contribution in [2.24, 2.45) is 0 Å². The second-order valence-corrected chi connectivity index (χ2v) is 6.00. The predicted molar refractivity (Wildman–Crippen MR) is 107 cm³/mol. The number of nitrogens with one attached hydrogen (secondary N) is 2. The number of carbonyl (C=O) groups is 2. The Morgan fingerprint density at radius 1 is 1.00 bits per heavy atom. The van der Waals surface area contributed by atoms with Crippen LogP contribution >= 0.6 is 0 Å². The van der Waals surface area contributed by atoms with Crippen LogP contribution < -0.4 is 10.6 Å². The molecule has 0 fully saturated rings. The lowest BCUT2D eigenvalue weighted by Gasteiger charge is -2.11. The van der Waals surface area contributed by atoms with Gasteiger partial charge in [-0.25, -0.2) is 14.8 Å². The molecule has 0 saturated carbocycles. The number of carbonyl (C=O) groups excluding carboxylic acids is 2. The standard InChI is InChI=1S/C21H20N4O3/c1-3-28-21(27)16-6-4-5-7-17(16)25-19-13-22-18(12-23-19)20(26)24-15-10-8-14(2)9-11-15/h4-13H,3H2,1-2H3,(H,23,25)(H,24,26). The zero-order chi connectivity index (χ0) is 19.9. The van der Waals surface area contributed by atoms with Gasteiger partial charge in [-0.15, -0.1) is 0 Å². The van der Waals surface area contributed by atoms with Crippen LogP contribution in [0.5, 0.6) is 0 Å². The highest BCUT2D eigenvalue weighted by Crippen LogP contribution is 2.20. The Labute approximate surface area is 162 Å². The molecule has 0 aliphatic carbocycles. The van der Waals surface area contributed by atoms with Crippen molar-refractivity contribution in [2.45, 2.75) is 13.8 Å². The van der Waals surface area contributed by atoms with Crippen molar-refractivity contribution in [1.82, 2.24) is 9.97 Å². The van der Waals surface area contributed by atoms with E-state index in [9.17, 15) is 9.59 Å². The minimum absolute atomic E-state index is 0.185. The van der Waals surface area contributed by atoms with Crippen molar-refractivity contribution >= 4 is 29.1 Å². The molecular weight excluding hydrogens is 356 g/mol. The Morgan fingerprint density at radius 3 is 2.43 bits per heavy atom. The average molecular weight is 376 g/mol. The summed E-state index contributed by atoms with van der Waals surface area (Å²) in [4.78, 5) is 32.7. The van der Waals surface area contributed by atoms with Gasteiger partial charge in [-0.3, -0.25) is 4.79 Å². The lowest BCUT2D eigenvalue weighted by molar-refractivity contribution is 0.0527. The van der Waals surface area contributed by atoms with Crippen molar-refractivity contribution in [3.63, 3.8) is 0 Å². The Kier molecular flexibility index (Phi) is 5.96. The molecule has 7 nitrogen and oxygen atoms in total. The minimum atomic E-state index is -0.423. The number of para-hydroxylation sites is 1. The Balaban J connectivity index is 1.70. The summed E-state index contributed by atoms with van der Waals surface area (Å²) < 4.78 is 5.05. The first-order chi connectivity index (χ1) is 13.6. The molecule has 0 saturated heterocycles. The minimum Gasteiger partial charge on any atom is -0.462 e. The van der Waals surface area contributed by atoms with Gasteiger partial charge in [0.1, 0.15) is 11.5 Å². The third-order valence-electron chi connectivity index (χ3n) is 3.88. The summed E-state index contributed by atoms with van der Waals surface area (Å²) in [5.74, 6) is -0.369. The van der Waals surface area contributed by atoms with Gasteiger partial charge in [0, 0.05) is 5.69 Å². The van der Waals surface area contributed by atoms with E-state index in [4.69, 9.17) is 4.74 Å². The van der Waals surface area contributed by atoms with Crippen LogP contribution in [0, 0.1) is 6.92 Å². The van der Waals surface area contributed by atoms with E-state index in [1.54, 1.807) is 31.2 Å². The fraction of sp³-hybridized carbons (Fsp3) is 0.143. The number of hydrogen-bond donors (Lipinski definition) is 2. The quantitative estimate of drug-likeness (QED) is 0.633. The molecule has 2 N–H and O–H groups in total. The van der Waals surface area contributed by atoms with E-state index in [1.165, 1.54) is 12.4 Å². The third-order valence-corrected chi connectivity index (χ3v) is 3.88. The Bertz CT molecular complexity index is 970. The van der Waals surface area contributed by atoms with E-state index in [2.05, 4.69) is 20.6 Å². The third kappa shape index (κ3) is 4.70. The van der Waals surface area contributed by atoms with Crippen LogP contribution in [0.4, 0.5) is 17.2 Å². The lowest BCUT2D eigenvalue weighted by Crippen LogP contribution is -2.14. The largest absolute Gasteiger partial charge is 0.462 e. The number of aryl methyl sites for hydroxylation is 1. The summed E-state index contributed by atoms with van der Waals surface area (Å²) in [7, 11) is 0. The predicted octanol–water partition coefficient (Wildman–Crippen LogP) is 3.96. The lowest BCUT2D eigenvalue weighted by atomic mass is 10.2. The highest BCUT2D eigenvalue weighted by Gasteiger charge is 2.13. The molecule has 0 bridgehead atoms. The summed E-state index contributed by atoms with van der Waals surface area (Å²) >= 11 is 0. The first kappa shape index (κ1) is 19.0. The number of hydrogen-bond acceptors (Lipinski definition) is 6. The molecule has 0 aliphatic rings. The van der Waals surface area contributed by atoms with Gasteiger partial charge in [0.2, 0.25) is 0 Å². The number of benzene rings is 2. The molecule has 7 heteroatoms. The second kappa shape index (κ2) is 8.77. The Hall–Kier alpha value is -3.74. The van der Waals surface area contributed by atoms with Gasteiger partial charge in [-0.1, -0.05) is 29.8 Å². The molecule has 0 unspecified atom stereocenters. The molecule has 0 atom stereocenters. The topological polar surface area (TPSA) is 93.2 Å². The van der Waals surface area contributed by atoms with Gasteiger partial charge in [0.25, 0.3) is 5.91 Å². The molecule has 0 aliphatic heterocycles. The maximum atomic E-state index is 12.3. The van der Waals surface area contributed by atoms with E-state index in [1.807, 2.05) is 31.2 Å². The van der Waals surface area contributed by atoms with Crippen LogP contribution in [-0.2, 0) is 4.74 Å². The van der Waals surface area contributed by atoms with Crippen LogP contribution in [0.1, 0.15) is 33.3 Å². The molecule has 3 rings (SSSR count). The highest BCUT2D eigenvalue weighted by atomic mass is 16.5. The van der Waals surface area contributed by atoms with Crippen LogP contribution in [0.25, 0.3) is 0 Å². The molecule has 0 spiro atoms. The summed E-state index contributed by atoms with van der Waals surface area (Å²) in [6.45, 7) is 4.01. The van der Waals surface area contributed by atoms with E-state index in [0.717, 1.165) is 5.56 Å². The molecule has 2 aromatic carbocycles. The van der Waals surface area contributed by atoms with Crippen LogP contribution in [0.15, 0.2) is 60.9 Å². The van der Waals surface area contributed by atoms with Crippen molar-refractivity contribution in [1.29, 1.82) is 0 Å². The number of nitrogens with zero attached hydrogens (tertiary/aromatic N) is 2. The summed E-state index contributed by atoms with van der Waals surface area (Å²) in [5, 5.41) is 5.80. The fourth-order valence-electron chi connectivity index (χ4n) is 2.46.